The first-order valence-electron chi connectivity index (χ1n) is 6.78. The number of hydrogen-bond acceptors (Lipinski definition) is 5. The molecule has 5 heteroatoms. The van der Waals surface area contributed by atoms with E-state index in [1.54, 1.807) is 0 Å². The van der Waals surface area contributed by atoms with Crippen LogP contribution in [0.1, 0.15) is 24.5 Å². The standard InChI is InChI=1S/C14H17NO4/c16-10-7-14(3-4-15-8-14)19-12-9(10)1-2-11-13(12)18-6-5-17-11/h1-2,10,15-16H,3-8H2. The third kappa shape index (κ3) is 1.69. The number of aliphatic hydroxyl groups excluding tert-OH is 1. The fourth-order valence-corrected chi connectivity index (χ4v) is 3.18. The molecule has 1 aromatic carbocycles. The molecule has 1 spiro atoms. The van der Waals surface area contributed by atoms with Gasteiger partial charge in [0.2, 0.25) is 5.75 Å². The molecule has 0 aromatic heterocycles. The Kier molecular flexibility index (Phi) is 2.40. The fourth-order valence-electron chi connectivity index (χ4n) is 3.18. The number of fused-ring (bicyclic) bond motifs is 3. The summed E-state index contributed by atoms with van der Waals surface area (Å²) in [6.07, 6.45) is 1.04. The lowest BCUT2D eigenvalue weighted by Crippen LogP contribution is -2.43. The molecule has 19 heavy (non-hydrogen) atoms. The van der Waals surface area contributed by atoms with Crippen molar-refractivity contribution in [2.75, 3.05) is 26.3 Å². The van der Waals surface area contributed by atoms with Crippen molar-refractivity contribution in [3.05, 3.63) is 17.7 Å². The number of rotatable bonds is 0. The quantitative estimate of drug-likeness (QED) is 0.731. The van der Waals surface area contributed by atoms with Gasteiger partial charge >= 0.3 is 0 Å². The molecule has 3 aliphatic rings. The van der Waals surface area contributed by atoms with Crippen molar-refractivity contribution in [3.8, 4) is 17.2 Å². The second-order valence-corrected chi connectivity index (χ2v) is 5.44. The summed E-state index contributed by atoms with van der Waals surface area (Å²) in [5, 5.41) is 13.7. The van der Waals surface area contributed by atoms with Crippen molar-refractivity contribution >= 4 is 0 Å². The van der Waals surface area contributed by atoms with E-state index in [1.165, 1.54) is 0 Å². The first-order valence-corrected chi connectivity index (χ1v) is 6.78. The minimum atomic E-state index is -0.500. The zero-order valence-electron chi connectivity index (χ0n) is 10.6. The Labute approximate surface area is 111 Å². The van der Waals surface area contributed by atoms with Gasteiger partial charge in [0, 0.05) is 24.9 Å². The monoisotopic (exact) mass is 263 g/mol. The van der Waals surface area contributed by atoms with Crippen molar-refractivity contribution in [2.24, 2.45) is 0 Å². The second kappa shape index (κ2) is 4.02. The lowest BCUT2D eigenvalue weighted by Gasteiger charge is -2.39. The zero-order chi connectivity index (χ0) is 12.9. The van der Waals surface area contributed by atoms with Gasteiger partial charge in [-0.25, -0.2) is 0 Å². The van der Waals surface area contributed by atoms with Gasteiger partial charge in [0.1, 0.15) is 18.8 Å². The van der Waals surface area contributed by atoms with Gasteiger partial charge in [-0.1, -0.05) is 0 Å². The summed E-state index contributed by atoms with van der Waals surface area (Å²) in [6.45, 7) is 2.78. The van der Waals surface area contributed by atoms with Crippen LogP contribution >= 0.6 is 0 Å². The van der Waals surface area contributed by atoms with E-state index in [-0.39, 0.29) is 5.60 Å². The summed E-state index contributed by atoms with van der Waals surface area (Å²) < 4.78 is 17.5. The van der Waals surface area contributed by atoms with Gasteiger partial charge in [0.25, 0.3) is 0 Å². The van der Waals surface area contributed by atoms with E-state index in [0.29, 0.717) is 36.9 Å². The fraction of sp³-hybridized carbons (Fsp3) is 0.571. The van der Waals surface area contributed by atoms with E-state index < -0.39 is 6.10 Å². The lowest BCUT2D eigenvalue weighted by molar-refractivity contribution is -0.00471. The van der Waals surface area contributed by atoms with Gasteiger partial charge in [-0.05, 0) is 18.7 Å². The molecule has 1 aromatic rings. The molecule has 0 radical (unpaired) electrons. The largest absolute Gasteiger partial charge is 0.486 e. The molecule has 102 valence electrons. The van der Waals surface area contributed by atoms with Crippen LogP contribution in [-0.2, 0) is 0 Å². The van der Waals surface area contributed by atoms with Gasteiger partial charge < -0.3 is 24.6 Å². The maximum atomic E-state index is 10.4. The molecule has 3 aliphatic heterocycles. The average molecular weight is 263 g/mol. The smallest absolute Gasteiger partial charge is 0.204 e. The molecular formula is C14H17NO4. The van der Waals surface area contributed by atoms with Gasteiger partial charge in [-0.2, -0.15) is 0 Å². The third-order valence-electron chi connectivity index (χ3n) is 4.14. The maximum absolute atomic E-state index is 10.4. The molecule has 0 aliphatic carbocycles. The van der Waals surface area contributed by atoms with Gasteiger partial charge in [0.15, 0.2) is 11.5 Å². The Morgan fingerprint density at radius 3 is 2.95 bits per heavy atom. The predicted molar refractivity (Wildman–Crippen MR) is 67.9 cm³/mol. The third-order valence-corrected chi connectivity index (χ3v) is 4.14. The maximum Gasteiger partial charge on any atom is 0.204 e. The van der Waals surface area contributed by atoms with E-state index in [1.807, 2.05) is 12.1 Å². The lowest BCUT2D eigenvalue weighted by atomic mass is 9.88. The SMILES string of the molecule is OC1CC2(CCNC2)Oc2c1ccc1c2OCCO1. The summed E-state index contributed by atoms with van der Waals surface area (Å²) in [5.74, 6) is 2.02. The molecule has 1 fully saturated rings. The molecular weight excluding hydrogens is 246 g/mol. The van der Waals surface area contributed by atoms with Crippen molar-refractivity contribution in [2.45, 2.75) is 24.5 Å². The molecule has 5 nitrogen and oxygen atoms in total. The van der Waals surface area contributed by atoms with Gasteiger partial charge in [-0.3, -0.25) is 0 Å². The van der Waals surface area contributed by atoms with Crippen LogP contribution in [-0.4, -0.2) is 37.0 Å². The van der Waals surface area contributed by atoms with Crippen LogP contribution in [0.2, 0.25) is 0 Å². The Morgan fingerprint density at radius 1 is 1.21 bits per heavy atom. The van der Waals surface area contributed by atoms with E-state index in [0.717, 1.165) is 25.1 Å². The summed E-state index contributed by atoms with van der Waals surface area (Å²) in [7, 11) is 0. The molecule has 4 rings (SSSR count). The summed E-state index contributed by atoms with van der Waals surface area (Å²) >= 11 is 0. The van der Waals surface area contributed by atoms with E-state index in [2.05, 4.69) is 5.32 Å². The average Bonchev–Trinajstić information content (AvgIpc) is 2.86. The van der Waals surface area contributed by atoms with Crippen LogP contribution in [0.15, 0.2) is 12.1 Å². The van der Waals surface area contributed by atoms with Crippen LogP contribution in [0.4, 0.5) is 0 Å². The molecule has 0 bridgehead atoms. The molecule has 0 amide bonds. The van der Waals surface area contributed by atoms with Gasteiger partial charge in [-0.15, -0.1) is 0 Å². The van der Waals surface area contributed by atoms with Crippen molar-refractivity contribution < 1.29 is 19.3 Å². The van der Waals surface area contributed by atoms with E-state index in [4.69, 9.17) is 14.2 Å². The number of ether oxygens (including phenoxy) is 3. The number of benzene rings is 1. The van der Waals surface area contributed by atoms with Crippen LogP contribution in [0.3, 0.4) is 0 Å². The first kappa shape index (κ1) is 11.4. The molecule has 2 N–H and O–H groups in total. The molecule has 1 saturated heterocycles. The van der Waals surface area contributed by atoms with Crippen LogP contribution in [0, 0.1) is 0 Å². The van der Waals surface area contributed by atoms with Crippen molar-refractivity contribution in [3.63, 3.8) is 0 Å². The zero-order valence-corrected chi connectivity index (χ0v) is 10.6. The minimum absolute atomic E-state index is 0.303. The van der Waals surface area contributed by atoms with Crippen LogP contribution in [0.5, 0.6) is 17.2 Å². The number of nitrogens with one attached hydrogen (secondary N) is 1. The normalized spacial score (nSPS) is 31.9. The Bertz CT molecular complexity index is 510. The van der Waals surface area contributed by atoms with Crippen molar-refractivity contribution in [1.82, 2.24) is 5.32 Å². The molecule has 2 unspecified atom stereocenters. The molecule has 2 atom stereocenters. The number of aliphatic hydroxyl groups is 1. The van der Waals surface area contributed by atoms with Crippen LogP contribution < -0.4 is 19.5 Å². The van der Waals surface area contributed by atoms with Crippen molar-refractivity contribution in [1.29, 1.82) is 0 Å². The van der Waals surface area contributed by atoms with Gasteiger partial charge in [0.05, 0.1) is 6.10 Å². The Hall–Kier alpha value is -1.46. The molecule has 0 saturated carbocycles. The summed E-state index contributed by atoms with van der Waals surface area (Å²) in [6, 6.07) is 3.73. The first-order chi connectivity index (χ1) is 9.27. The summed E-state index contributed by atoms with van der Waals surface area (Å²) in [5.41, 5.74) is 0.504. The highest BCUT2D eigenvalue weighted by atomic mass is 16.6. The van der Waals surface area contributed by atoms with E-state index in [9.17, 15) is 5.11 Å². The highest BCUT2D eigenvalue weighted by Crippen LogP contribution is 2.50. The predicted octanol–water partition coefficient (Wildman–Crippen LogP) is 1.01. The highest BCUT2D eigenvalue weighted by Gasteiger charge is 2.44. The Balaban J connectivity index is 1.81. The minimum Gasteiger partial charge on any atom is -0.486 e. The Morgan fingerprint density at radius 2 is 2.11 bits per heavy atom. The topological polar surface area (TPSA) is 60.0 Å². The molecule has 3 heterocycles. The second-order valence-electron chi connectivity index (χ2n) is 5.44. The highest BCUT2D eigenvalue weighted by molar-refractivity contribution is 5.58. The van der Waals surface area contributed by atoms with E-state index >= 15 is 0 Å². The number of hydrogen-bond donors (Lipinski definition) is 2. The summed E-state index contributed by atoms with van der Waals surface area (Å²) in [4.78, 5) is 0. The van der Waals surface area contributed by atoms with Crippen LogP contribution in [0.25, 0.3) is 0 Å².